The van der Waals surface area contributed by atoms with E-state index < -0.39 is 6.10 Å². The Bertz CT molecular complexity index is 488. The van der Waals surface area contributed by atoms with Gasteiger partial charge >= 0.3 is 5.97 Å². The lowest BCUT2D eigenvalue weighted by atomic mass is 10.0. The first-order chi connectivity index (χ1) is 9.81. The minimum Gasteiger partial charge on any atom is -0.451 e. The molecule has 1 aromatic carbocycles. The van der Waals surface area contributed by atoms with Crippen molar-refractivity contribution in [1.29, 1.82) is 0 Å². The number of nitrogens with zero attached hydrogens (tertiary/aromatic N) is 1. The number of ether oxygens (including phenoxy) is 2. The van der Waals surface area contributed by atoms with Gasteiger partial charge in [-0.3, -0.25) is 4.98 Å². The van der Waals surface area contributed by atoms with Gasteiger partial charge in [-0.25, -0.2) is 4.79 Å². The summed E-state index contributed by atoms with van der Waals surface area (Å²) >= 11 is 0. The van der Waals surface area contributed by atoms with Crippen LogP contribution in [0.5, 0.6) is 0 Å². The maximum Gasteiger partial charge on any atom is 0.333 e. The van der Waals surface area contributed by atoms with Gasteiger partial charge in [0.2, 0.25) is 0 Å². The fraction of sp³-hybridized carbons (Fsp3) is 0.250. The van der Waals surface area contributed by atoms with Crippen LogP contribution in [0.25, 0.3) is 0 Å². The van der Waals surface area contributed by atoms with Gasteiger partial charge in [-0.05, 0) is 24.6 Å². The number of hydrogen-bond donors (Lipinski definition) is 0. The van der Waals surface area contributed by atoms with Crippen molar-refractivity contribution in [3.8, 4) is 0 Å². The predicted molar refractivity (Wildman–Crippen MR) is 75.1 cm³/mol. The molecule has 104 valence electrons. The summed E-state index contributed by atoms with van der Waals surface area (Å²) in [5.74, 6) is -0.377. The van der Waals surface area contributed by atoms with Gasteiger partial charge in [0.25, 0.3) is 0 Å². The SMILES string of the molecule is CCOCC(=O)OC(c1ccccc1)c1ccncc1. The fourth-order valence-electron chi connectivity index (χ4n) is 1.85. The number of aromatic nitrogens is 1. The van der Waals surface area contributed by atoms with Gasteiger partial charge < -0.3 is 9.47 Å². The van der Waals surface area contributed by atoms with Crippen molar-refractivity contribution in [2.75, 3.05) is 13.2 Å². The summed E-state index contributed by atoms with van der Waals surface area (Å²) in [5, 5.41) is 0. The van der Waals surface area contributed by atoms with E-state index >= 15 is 0 Å². The van der Waals surface area contributed by atoms with E-state index in [4.69, 9.17) is 9.47 Å². The van der Waals surface area contributed by atoms with Crippen molar-refractivity contribution in [3.63, 3.8) is 0 Å². The zero-order valence-corrected chi connectivity index (χ0v) is 11.4. The number of carbonyl (C=O) groups is 1. The largest absolute Gasteiger partial charge is 0.451 e. The highest BCUT2D eigenvalue weighted by Gasteiger charge is 2.18. The Morgan fingerprint density at radius 2 is 1.75 bits per heavy atom. The highest BCUT2D eigenvalue weighted by Crippen LogP contribution is 2.25. The molecule has 1 unspecified atom stereocenters. The quantitative estimate of drug-likeness (QED) is 0.758. The zero-order valence-electron chi connectivity index (χ0n) is 11.4. The van der Waals surface area contributed by atoms with Crippen LogP contribution in [0.2, 0.25) is 0 Å². The Morgan fingerprint density at radius 1 is 1.10 bits per heavy atom. The highest BCUT2D eigenvalue weighted by molar-refractivity contribution is 5.71. The maximum absolute atomic E-state index is 11.8. The topological polar surface area (TPSA) is 48.4 Å². The molecule has 20 heavy (non-hydrogen) atoms. The number of carbonyl (C=O) groups excluding carboxylic acids is 1. The number of esters is 1. The summed E-state index contributed by atoms with van der Waals surface area (Å²) in [5.41, 5.74) is 1.81. The van der Waals surface area contributed by atoms with Gasteiger partial charge in [0.1, 0.15) is 6.61 Å². The average Bonchev–Trinajstić information content (AvgIpc) is 2.52. The monoisotopic (exact) mass is 271 g/mol. The van der Waals surface area contributed by atoms with Crippen LogP contribution in [0.15, 0.2) is 54.9 Å². The van der Waals surface area contributed by atoms with Gasteiger partial charge in [0.15, 0.2) is 6.10 Å². The Balaban J connectivity index is 2.19. The second kappa shape index (κ2) is 7.40. The molecule has 0 amide bonds. The van der Waals surface area contributed by atoms with Crippen LogP contribution in [0.4, 0.5) is 0 Å². The summed E-state index contributed by atoms with van der Waals surface area (Å²) in [6.45, 7) is 2.29. The van der Waals surface area contributed by atoms with Crippen LogP contribution in [-0.2, 0) is 14.3 Å². The molecule has 0 aliphatic rings. The summed E-state index contributed by atoms with van der Waals surface area (Å²) in [6.07, 6.45) is 2.93. The lowest BCUT2D eigenvalue weighted by Gasteiger charge is -2.18. The third-order valence-electron chi connectivity index (χ3n) is 2.78. The number of benzene rings is 1. The highest BCUT2D eigenvalue weighted by atomic mass is 16.6. The minimum atomic E-state index is -0.438. The van der Waals surface area contributed by atoms with E-state index in [2.05, 4.69) is 4.98 Å². The predicted octanol–water partition coefficient (Wildman–Crippen LogP) is 2.75. The molecule has 4 heteroatoms. The third kappa shape index (κ3) is 3.90. The van der Waals surface area contributed by atoms with Crippen LogP contribution in [-0.4, -0.2) is 24.2 Å². The molecule has 0 spiro atoms. The summed E-state index contributed by atoms with van der Waals surface area (Å²) < 4.78 is 10.6. The Labute approximate surface area is 118 Å². The second-order valence-electron chi connectivity index (χ2n) is 4.20. The first kappa shape index (κ1) is 14.2. The smallest absolute Gasteiger partial charge is 0.333 e. The molecule has 1 aromatic heterocycles. The van der Waals surface area contributed by atoms with Crippen molar-refractivity contribution in [2.24, 2.45) is 0 Å². The van der Waals surface area contributed by atoms with E-state index in [-0.39, 0.29) is 12.6 Å². The molecule has 0 N–H and O–H groups in total. The molecule has 0 fully saturated rings. The van der Waals surface area contributed by atoms with Crippen LogP contribution in [0, 0.1) is 0 Å². The molecule has 4 nitrogen and oxygen atoms in total. The van der Waals surface area contributed by atoms with Crippen LogP contribution < -0.4 is 0 Å². The van der Waals surface area contributed by atoms with E-state index in [1.807, 2.05) is 49.4 Å². The molecule has 0 aliphatic carbocycles. The number of rotatable bonds is 6. The molecule has 2 aromatic rings. The van der Waals surface area contributed by atoms with E-state index in [9.17, 15) is 4.79 Å². The van der Waals surface area contributed by atoms with Crippen LogP contribution in [0.3, 0.4) is 0 Å². The molecule has 2 rings (SSSR count). The van der Waals surface area contributed by atoms with Crippen molar-refractivity contribution in [3.05, 3.63) is 66.0 Å². The van der Waals surface area contributed by atoms with Crippen LogP contribution >= 0.6 is 0 Å². The lowest BCUT2D eigenvalue weighted by molar-refractivity contribution is -0.152. The van der Waals surface area contributed by atoms with Crippen molar-refractivity contribution in [1.82, 2.24) is 4.98 Å². The molecule has 0 aliphatic heterocycles. The Hall–Kier alpha value is -2.20. The maximum atomic E-state index is 11.8. The molecule has 0 radical (unpaired) electrons. The molecule has 0 saturated heterocycles. The molecule has 0 bridgehead atoms. The van der Waals surface area contributed by atoms with Crippen molar-refractivity contribution < 1.29 is 14.3 Å². The Kier molecular flexibility index (Phi) is 5.26. The molecular formula is C16H17NO3. The Morgan fingerprint density at radius 3 is 2.40 bits per heavy atom. The summed E-state index contributed by atoms with van der Waals surface area (Å²) in [6, 6.07) is 13.3. The van der Waals surface area contributed by atoms with E-state index in [0.717, 1.165) is 11.1 Å². The fourth-order valence-corrected chi connectivity index (χ4v) is 1.85. The van der Waals surface area contributed by atoms with E-state index in [0.29, 0.717) is 6.61 Å². The van der Waals surface area contributed by atoms with Crippen molar-refractivity contribution >= 4 is 5.97 Å². The minimum absolute atomic E-state index is 0.0368. The van der Waals surface area contributed by atoms with Crippen molar-refractivity contribution in [2.45, 2.75) is 13.0 Å². The summed E-state index contributed by atoms with van der Waals surface area (Å²) in [4.78, 5) is 15.8. The standard InChI is InChI=1S/C16H17NO3/c1-2-19-12-15(18)20-16(13-6-4-3-5-7-13)14-8-10-17-11-9-14/h3-11,16H,2,12H2,1H3. The average molecular weight is 271 g/mol. The number of pyridine rings is 1. The third-order valence-corrected chi connectivity index (χ3v) is 2.78. The molecule has 0 saturated carbocycles. The van der Waals surface area contributed by atoms with Gasteiger partial charge in [0.05, 0.1) is 0 Å². The number of hydrogen-bond acceptors (Lipinski definition) is 4. The van der Waals surface area contributed by atoms with Crippen LogP contribution in [0.1, 0.15) is 24.2 Å². The second-order valence-corrected chi connectivity index (χ2v) is 4.20. The molecule has 1 atom stereocenters. The van der Waals surface area contributed by atoms with Gasteiger partial charge in [-0.15, -0.1) is 0 Å². The first-order valence-electron chi connectivity index (χ1n) is 6.53. The lowest BCUT2D eigenvalue weighted by Crippen LogP contribution is -2.17. The van der Waals surface area contributed by atoms with Gasteiger partial charge in [-0.2, -0.15) is 0 Å². The van der Waals surface area contributed by atoms with Gasteiger partial charge in [0, 0.05) is 24.6 Å². The zero-order chi connectivity index (χ0) is 14.2. The molecule has 1 heterocycles. The normalized spacial score (nSPS) is 11.8. The van der Waals surface area contributed by atoms with Gasteiger partial charge in [-0.1, -0.05) is 30.3 Å². The van der Waals surface area contributed by atoms with E-state index in [1.54, 1.807) is 12.4 Å². The first-order valence-corrected chi connectivity index (χ1v) is 6.53. The molecular weight excluding hydrogens is 254 g/mol. The summed E-state index contributed by atoms with van der Waals surface area (Å²) in [7, 11) is 0. The van der Waals surface area contributed by atoms with E-state index in [1.165, 1.54) is 0 Å².